The van der Waals surface area contributed by atoms with Gasteiger partial charge in [0.2, 0.25) is 0 Å². The van der Waals surface area contributed by atoms with Crippen molar-refractivity contribution in [3.8, 4) is 5.75 Å². The first-order chi connectivity index (χ1) is 10.8. The molecule has 5 nitrogen and oxygen atoms in total. The van der Waals surface area contributed by atoms with E-state index < -0.39 is 12.8 Å². The molecule has 0 radical (unpaired) electrons. The van der Waals surface area contributed by atoms with E-state index in [0.29, 0.717) is 5.75 Å². The van der Waals surface area contributed by atoms with E-state index in [0.717, 1.165) is 16.3 Å². The maximum Gasteiger partial charge on any atom is 0.441 e. The summed E-state index contributed by atoms with van der Waals surface area (Å²) in [6.45, 7) is 1.70. The molecular weight excluding hydrogens is 337 g/mol. The van der Waals surface area contributed by atoms with Gasteiger partial charge in [0.05, 0.1) is 0 Å². The number of carbonyl (C=O) groups is 1. The van der Waals surface area contributed by atoms with E-state index in [1.54, 1.807) is 0 Å². The summed E-state index contributed by atoms with van der Waals surface area (Å²) in [5.74, 6) is -0.0202. The number of benzene rings is 2. The molecule has 0 bridgehead atoms. The Labute approximate surface area is 140 Å². The normalized spacial score (nSPS) is 13.8. The van der Waals surface area contributed by atoms with Crippen LogP contribution >= 0.6 is 18.1 Å². The summed E-state index contributed by atoms with van der Waals surface area (Å²) in [6, 6.07) is 11.3. The molecule has 23 heavy (non-hydrogen) atoms. The van der Waals surface area contributed by atoms with Crippen molar-refractivity contribution in [1.29, 1.82) is 0 Å². The highest BCUT2D eigenvalue weighted by molar-refractivity contribution is 7.83. The van der Waals surface area contributed by atoms with E-state index in [1.807, 2.05) is 57.2 Å². The molecule has 1 atom stereocenters. The summed E-state index contributed by atoms with van der Waals surface area (Å²) in [6.07, 6.45) is 0.192. The Bertz CT molecular complexity index is 763. The summed E-state index contributed by atoms with van der Waals surface area (Å²) < 4.78 is 17.8. The van der Waals surface area contributed by atoms with E-state index in [9.17, 15) is 9.36 Å². The van der Waals surface area contributed by atoms with Crippen molar-refractivity contribution in [3.05, 3.63) is 42.0 Å². The Kier molecular flexibility index (Phi) is 5.69. The fraction of sp³-hybridized carbons (Fsp3) is 0.312. The molecule has 0 aliphatic carbocycles. The first-order valence-electron chi connectivity index (χ1n) is 7.23. The van der Waals surface area contributed by atoms with Crippen molar-refractivity contribution >= 4 is 34.9 Å². The fourth-order valence-corrected chi connectivity index (χ4v) is 3.13. The van der Waals surface area contributed by atoms with Crippen LogP contribution in [-0.2, 0) is 14.2 Å². The molecule has 124 valence electrons. The molecule has 0 amide bonds. The van der Waals surface area contributed by atoms with Crippen LogP contribution in [0, 0.1) is 12.8 Å². The maximum absolute atomic E-state index is 12.3. The highest BCUT2D eigenvalue weighted by Gasteiger charge is 2.25. The number of fused-ring (bicyclic) bond motifs is 1. The monoisotopic (exact) mass is 355 g/mol. The zero-order valence-electron chi connectivity index (χ0n) is 13.2. The molecule has 0 fully saturated rings. The lowest BCUT2D eigenvalue weighted by molar-refractivity contribution is -0.148. The predicted octanol–water partition coefficient (Wildman–Crippen LogP) is 4.97. The van der Waals surface area contributed by atoms with Gasteiger partial charge in [-0.15, -0.1) is 0 Å². The minimum atomic E-state index is -3.86. The van der Waals surface area contributed by atoms with Crippen molar-refractivity contribution in [2.75, 3.05) is 0 Å². The molecule has 0 aliphatic rings. The van der Waals surface area contributed by atoms with Crippen LogP contribution in [0.1, 0.15) is 25.8 Å². The van der Waals surface area contributed by atoms with Crippen molar-refractivity contribution in [2.45, 2.75) is 27.2 Å². The van der Waals surface area contributed by atoms with Crippen LogP contribution in [0.4, 0.5) is 0 Å². The van der Waals surface area contributed by atoms with E-state index in [-0.39, 0.29) is 12.3 Å². The second kappa shape index (κ2) is 7.35. The third kappa shape index (κ3) is 4.96. The van der Waals surface area contributed by atoms with Gasteiger partial charge in [0.15, 0.2) is 0 Å². The average molecular weight is 356 g/mol. The summed E-state index contributed by atoms with van der Waals surface area (Å²) in [4.78, 5) is 16.2. The highest BCUT2D eigenvalue weighted by Crippen LogP contribution is 2.50. The van der Waals surface area contributed by atoms with Gasteiger partial charge >= 0.3 is 12.8 Å². The van der Waals surface area contributed by atoms with Crippen LogP contribution in [0.5, 0.6) is 5.75 Å². The molecule has 0 saturated carbocycles. The summed E-state index contributed by atoms with van der Waals surface area (Å²) in [7, 11) is 0. The van der Waals surface area contributed by atoms with Crippen LogP contribution in [0.25, 0.3) is 10.8 Å². The van der Waals surface area contributed by atoms with Crippen LogP contribution < -0.4 is 9.77 Å². The third-order valence-corrected chi connectivity index (χ3v) is 4.27. The predicted molar refractivity (Wildman–Crippen MR) is 91.5 cm³/mol. The van der Waals surface area contributed by atoms with Gasteiger partial charge in [0.1, 0.15) is 5.75 Å². The zero-order valence-corrected chi connectivity index (χ0v) is 14.9. The molecule has 2 aromatic carbocycles. The van der Waals surface area contributed by atoms with Gasteiger partial charge in [0, 0.05) is 23.0 Å². The smallest absolute Gasteiger partial charge is 0.419 e. The van der Waals surface area contributed by atoms with Gasteiger partial charge in [-0.05, 0) is 23.8 Å². The average Bonchev–Trinajstić information content (AvgIpc) is 2.48. The van der Waals surface area contributed by atoms with Gasteiger partial charge in [-0.25, -0.2) is 4.57 Å². The lowest BCUT2D eigenvalue weighted by atomic mass is 10.1. The van der Waals surface area contributed by atoms with Crippen molar-refractivity contribution in [3.63, 3.8) is 0 Å². The first kappa shape index (κ1) is 17.8. The lowest BCUT2D eigenvalue weighted by Gasteiger charge is -2.17. The Morgan fingerprint density at radius 1 is 1.26 bits per heavy atom. The van der Waals surface area contributed by atoms with Crippen molar-refractivity contribution < 1.29 is 18.7 Å². The Morgan fingerprint density at radius 3 is 2.65 bits per heavy atom. The molecular formula is C16H19ClNO4P. The molecule has 1 N–H and O–H groups in total. The SMILES string of the molecule is Cc1ccc2ccccc2c1OP(=O)(Cl)NOC(=O)CC(C)C. The number of nitrogens with one attached hydrogen (secondary N) is 1. The van der Waals surface area contributed by atoms with Gasteiger partial charge in [-0.1, -0.05) is 55.5 Å². The van der Waals surface area contributed by atoms with Crippen LogP contribution in [0.3, 0.4) is 0 Å². The molecule has 1 unspecified atom stereocenters. The van der Waals surface area contributed by atoms with Gasteiger partial charge < -0.3 is 9.36 Å². The second-order valence-electron chi connectivity index (χ2n) is 5.67. The van der Waals surface area contributed by atoms with E-state index >= 15 is 0 Å². The Hall–Kier alpha value is -1.55. The highest BCUT2D eigenvalue weighted by atomic mass is 35.7. The molecule has 0 aromatic heterocycles. The number of rotatable bonds is 6. The minimum Gasteiger partial charge on any atom is -0.419 e. The molecule has 2 aromatic rings. The molecule has 0 spiro atoms. The van der Waals surface area contributed by atoms with Gasteiger partial charge in [0.25, 0.3) is 0 Å². The van der Waals surface area contributed by atoms with E-state index in [1.165, 1.54) is 0 Å². The number of hydrogen-bond acceptors (Lipinski definition) is 4. The first-order valence-corrected chi connectivity index (χ1v) is 9.76. The summed E-state index contributed by atoms with van der Waals surface area (Å²) in [5.41, 5.74) is 0.778. The zero-order chi connectivity index (χ0) is 17.0. The van der Waals surface area contributed by atoms with E-state index in [2.05, 4.69) is 5.25 Å². The third-order valence-electron chi connectivity index (χ3n) is 3.13. The number of carbonyl (C=O) groups excluding carboxylic acids is 1. The van der Waals surface area contributed by atoms with Crippen LogP contribution in [-0.4, -0.2) is 5.97 Å². The number of halogens is 1. The molecule has 2 rings (SSSR count). The van der Waals surface area contributed by atoms with Crippen LogP contribution in [0.2, 0.25) is 0 Å². The van der Waals surface area contributed by atoms with Crippen LogP contribution in [0.15, 0.2) is 36.4 Å². The minimum absolute atomic E-state index is 0.125. The fourth-order valence-electron chi connectivity index (χ4n) is 2.09. The maximum atomic E-state index is 12.3. The summed E-state index contributed by atoms with van der Waals surface area (Å²) >= 11 is 5.87. The number of aryl methyl sites for hydroxylation is 1. The molecule has 0 aliphatic heterocycles. The summed E-state index contributed by atoms with van der Waals surface area (Å²) in [5, 5.41) is 3.77. The largest absolute Gasteiger partial charge is 0.441 e. The van der Waals surface area contributed by atoms with Crippen molar-refractivity contribution in [2.24, 2.45) is 5.92 Å². The molecule has 7 heteroatoms. The topological polar surface area (TPSA) is 64.6 Å². The van der Waals surface area contributed by atoms with E-state index in [4.69, 9.17) is 20.6 Å². The molecule has 0 heterocycles. The Morgan fingerprint density at radius 2 is 1.96 bits per heavy atom. The quantitative estimate of drug-likeness (QED) is 0.585. The van der Waals surface area contributed by atoms with Gasteiger partial charge in [-0.3, -0.25) is 4.79 Å². The Balaban J connectivity index is 2.16. The van der Waals surface area contributed by atoms with Crippen molar-refractivity contribution in [1.82, 2.24) is 5.25 Å². The second-order valence-corrected chi connectivity index (χ2v) is 8.33. The molecule has 0 saturated heterocycles. The standard InChI is InChI=1S/C16H19ClNO4P/c1-11(2)10-15(19)21-18-23(17,20)22-16-12(3)8-9-13-6-4-5-7-14(13)16/h4-9,11H,10H2,1-3H3,(H,18,20). The van der Waals surface area contributed by atoms with Gasteiger partial charge in [-0.2, -0.15) is 0 Å². The number of hydrogen-bond donors (Lipinski definition) is 1. The lowest BCUT2D eigenvalue weighted by Crippen LogP contribution is -2.19.